The Kier molecular flexibility index (Phi) is 6.22. The molecule has 6 nitrogen and oxygen atoms in total. The number of carbonyl (C=O) groups is 1. The second-order valence-corrected chi connectivity index (χ2v) is 11.6. The lowest BCUT2D eigenvalue weighted by molar-refractivity contribution is 0.100. The summed E-state index contributed by atoms with van der Waals surface area (Å²) in [5, 5.41) is 0.967. The fourth-order valence-electron chi connectivity index (χ4n) is 4.78. The molecule has 3 N–H and O–H groups in total. The van der Waals surface area contributed by atoms with Gasteiger partial charge in [0, 0.05) is 28.2 Å². The number of aromatic amines is 1. The summed E-state index contributed by atoms with van der Waals surface area (Å²) in [7, 11) is -3.53. The molecule has 5 rings (SSSR count). The zero-order valence-corrected chi connectivity index (χ0v) is 21.3. The van der Waals surface area contributed by atoms with Crippen molar-refractivity contribution in [2.45, 2.75) is 23.7 Å². The number of nitrogens with one attached hydrogen (secondary N) is 1. The summed E-state index contributed by atoms with van der Waals surface area (Å²) in [5.74, 6) is -0.295. The van der Waals surface area contributed by atoms with Crippen LogP contribution in [0.4, 0.5) is 0 Å². The molecule has 3 aromatic carbocycles. The number of nitrogens with zero attached hydrogens (tertiary/aromatic N) is 1. The maximum absolute atomic E-state index is 13.2. The van der Waals surface area contributed by atoms with Gasteiger partial charge in [-0.3, -0.25) is 4.79 Å². The van der Waals surface area contributed by atoms with E-state index in [0.29, 0.717) is 36.4 Å². The van der Waals surface area contributed by atoms with E-state index in [1.54, 1.807) is 16.4 Å². The third-order valence-electron chi connectivity index (χ3n) is 6.54. The molecule has 4 aromatic rings. The van der Waals surface area contributed by atoms with Gasteiger partial charge in [-0.05, 0) is 82.3 Å². The predicted octanol–water partition coefficient (Wildman–Crippen LogP) is 5.11. The molecular formula is C26H24IN3O3S. The molecule has 1 aromatic heterocycles. The number of hydrogen-bond acceptors (Lipinski definition) is 3. The van der Waals surface area contributed by atoms with Gasteiger partial charge in [0.15, 0.2) is 0 Å². The number of amides is 1. The summed E-state index contributed by atoms with van der Waals surface area (Å²) in [6.07, 6.45) is 3.36. The minimum atomic E-state index is -3.53. The van der Waals surface area contributed by atoms with Gasteiger partial charge in [-0.2, -0.15) is 4.31 Å². The summed E-state index contributed by atoms with van der Waals surface area (Å²) in [4.78, 5) is 15.8. The summed E-state index contributed by atoms with van der Waals surface area (Å²) < 4.78 is 28.7. The number of benzene rings is 3. The van der Waals surface area contributed by atoms with E-state index in [0.717, 1.165) is 31.2 Å². The number of primary amides is 1. The Bertz CT molecular complexity index is 1470. The van der Waals surface area contributed by atoms with Crippen LogP contribution in [0.2, 0.25) is 0 Å². The third kappa shape index (κ3) is 4.14. The average Bonchev–Trinajstić information content (AvgIpc) is 3.28. The highest BCUT2D eigenvalue weighted by Crippen LogP contribution is 2.38. The molecule has 0 bridgehead atoms. The predicted molar refractivity (Wildman–Crippen MR) is 142 cm³/mol. The minimum absolute atomic E-state index is 0.182. The van der Waals surface area contributed by atoms with Crippen LogP contribution in [0.25, 0.3) is 22.0 Å². The van der Waals surface area contributed by atoms with Crippen molar-refractivity contribution in [2.24, 2.45) is 5.73 Å². The fourth-order valence-corrected chi connectivity index (χ4v) is 7.54. The van der Waals surface area contributed by atoms with E-state index in [4.69, 9.17) is 5.73 Å². The van der Waals surface area contributed by atoms with E-state index in [2.05, 4.69) is 33.6 Å². The first kappa shape index (κ1) is 23.1. The molecule has 0 atom stereocenters. The second-order valence-electron chi connectivity index (χ2n) is 8.53. The lowest BCUT2D eigenvalue weighted by atomic mass is 9.88. The van der Waals surface area contributed by atoms with Gasteiger partial charge >= 0.3 is 0 Å². The summed E-state index contributed by atoms with van der Waals surface area (Å²) >= 11 is 2.07. The Morgan fingerprint density at radius 1 is 0.971 bits per heavy atom. The van der Waals surface area contributed by atoms with Gasteiger partial charge in [-0.1, -0.05) is 42.5 Å². The molecule has 0 saturated carbocycles. The van der Waals surface area contributed by atoms with Crippen molar-refractivity contribution >= 4 is 49.4 Å². The van der Waals surface area contributed by atoms with Gasteiger partial charge in [0.1, 0.15) is 0 Å². The van der Waals surface area contributed by atoms with Crippen LogP contribution in [-0.4, -0.2) is 36.7 Å². The molecule has 174 valence electrons. The number of hydrogen-bond donors (Lipinski definition) is 2. The Hall–Kier alpha value is -2.69. The van der Waals surface area contributed by atoms with E-state index < -0.39 is 15.9 Å². The molecule has 2 heterocycles. The van der Waals surface area contributed by atoms with Crippen molar-refractivity contribution < 1.29 is 13.2 Å². The van der Waals surface area contributed by atoms with E-state index in [-0.39, 0.29) is 5.92 Å². The van der Waals surface area contributed by atoms with Crippen molar-refractivity contribution in [3.63, 3.8) is 0 Å². The topological polar surface area (TPSA) is 96.3 Å². The maximum atomic E-state index is 13.2. The number of halogens is 1. The standard InChI is InChI=1S/C26H24IN3O3S/c27-23-8-4-5-9-24(23)34(32,33)30-12-10-18(11-13-30)22-16-29-25-20(22)14-19(15-21(25)26(28)31)17-6-2-1-3-7-17/h1-9,14-16,18,29H,10-13H2,(H2,28,31). The average molecular weight is 585 g/mol. The Morgan fingerprint density at radius 3 is 2.32 bits per heavy atom. The molecule has 1 aliphatic heterocycles. The monoisotopic (exact) mass is 585 g/mol. The van der Waals surface area contributed by atoms with Gasteiger partial charge in [0.05, 0.1) is 16.0 Å². The van der Waals surface area contributed by atoms with Crippen LogP contribution in [-0.2, 0) is 10.0 Å². The highest BCUT2D eigenvalue weighted by molar-refractivity contribution is 14.1. The van der Waals surface area contributed by atoms with Crippen LogP contribution in [0.1, 0.15) is 34.7 Å². The summed E-state index contributed by atoms with van der Waals surface area (Å²) in [5.41, 5.74) is 9.95. The first-order chi connectivity index (χ1) is 16.4. The van der Waals surface area contributed by atoms with E-state index >= 15 is 0 Å². The smallest absolute Gasteiger partial charge is 0.250 e. The molecule has 0 unspecified atom stereocenters. The van der Waals surface area contributed by atoms with E-state index in [1.165, 1.54) is 0 Å². The molecule has 1 aliphatic rings. The van der Waals surface area contributed by atoms with E-state index in [1.807, 2.05) is 54.7 Å². The second kappa shape index (κ2) is 9.16. The van der Waals surface area contributed by atoms with Crippen LogP contribution in [0.15, 0.2) is 77.8 Å². The molecule has 0 aliphatic carbocycles. The molecule has 1 saturated heterocycles. The largest absolute Gasteiger partial charge is 0.366 e. The fraction of sp³-hybridized carbons (Fsp3) is 0.192. The van der Waals surface area contributed by atoms with Crippen molar-refractivity contribution in [3.8, 4) is 11.1 Å². The molecule has 1 fully saturated rings. The first-order valence-corrected chi connectivity index (χ1v) is 13.6. The van der Waals surface area contributed by atoms with Gasteiger partial charge < -0.3 is 10.7 Å². The number of fused-ring (bicyclic) bond motifs is 1. The SMILES string of the molecule is NC(=O)c1cc(-c2ccccc2)cc2c(C3CCN(S(=O)(=O)c4ccccc4I)CC3)c[nH]c12. The normalized spacial score (nSPS) is 15.6. The van der Waals surface area contributed by atoms with Crippen LogP contribution >= 0.6 is 22.6 Å². The van der Waals surface area contributed by atoms with Crippen molar-refractivity contribution in [2.75, 3.05) is 13.1 Å². The molecule has 1 amide bonds. The Labute approximate surface area is 212 Å². The van der Waals surface area contributed by atoms with Crippen LogP contribution in [0.5, 0.6) is 0 Å². The minimum Gasteiger partial charge on any atom is -0.366 e. The zero-order valence-electron chi connectivity index (χ0n) is 18.4. The highest BCUT2D eigenvalue weighted by atomic mass is 127. The molecular weight excluding hydrogens is 561 g/mol. The van der Waals surface area contributed by atoms with Gasteiger partial charge in [-0.15, -0.1) is 0 Å². The Morgan fingerprint density at radius 2 is 1.65 bits per heavy atom. The quantitative estimate of drug-likeness (QED) is 0.319. The van der Waals surface area contributed by atoms with Crippen LogP contribution < -0.4 is 5.73 Å². The number of carbonyl (C=O) groups excluding carboxylic acids is 1. The van der Waals surface area contributed by atoms with Crippen LogP contribution in [0, 0.1) is 3.57 Å². The lowest BCUT2D eigenvalue weighted by Crippen LogP contribution is -2.38. The maximum Gasteiger partial charge on any atom is 0.250 e. The van der Waals surface area contributed by atoms with Gasteiger partial charge in [0.25, 0.3) is 5.91 Å². The molecule has 34 heavy (non-hydrogen) atoms. The Balaban J connectivity index is 1.46. The lowest BCUT2D eigenvalue weighted by Gasteiger charge is -2.31. The number of nitrogens with two attached hydrogens (primary N) is 1. The number of aromatic nitrogens is 1. The van der Waals surface area contributed by atoms with Crippen molar-refractivity contribution in [1.29, 1.82) is 0 Å². The van der Waals surface area contributed by atoms with Crippen molar-refractivity contribution in [1.82, 2.24) is 9.29 Å². The highest BCUT2D eigenvalue weighted by Gasteiger charge is 2.32. The zero-order chi connectivity index (χ0) is 23.9. The number of rotatable bonds is 5. The van der Waals surface area contributed by atoms with Crippen LogP contribution in [0.3, 0.4) is 0 Å². The summed E-state index contributed by atoms with van der Waals surface area (Å²) in [6, 6.07) is 20.9. The molecule has 0 spiro atoms. The van der Waals surface area contributed by atoms with Gasteiger partial charge in [0.2, 0.25) is 10.0 Å². The first-order valence-electron chi connectivity index (χ1n) is 11.1. The van der Waals surface area contributed by atoms with E-state index in [9.17, 15) is 13.2 Å². The molecule has 0 radical (unpaired) electrons. The third-order valence-corrected chi connectivity index (χ3v) is 9.81. The van der Waals surface area contributed by atoms with Crippen molar-refractivity contribution in [3.05, 3.63) is 87.6 Å². The molecule has 8 heteroatoms. The van der Waals surface area contributed by atoms with Gasteiger partial charge in [-0.25, -0.2) is 8.42 Å². The number of H-pyrrole nitrogens is 1. The summed E-state index contributed by atoms with van der Waals surface area (Å²) in [6.45, 7) is 0.900. The number of sulfonamides is 1. The number of piperidine rings is 1.